The van der Waals surface area contributed by atoms with Crippen LogP contribution in [-0.4, -0.2) is 46.6 Å². The molecule has 0 atom stereocenters. The summed E-state index contributed by atoms with van der Waals surface area (Å²) >= 11 is 0. The van der Waals surface area contributed by atoms with Crippen LogP contribution in [0.25, 0.3) is 5.69 Å². The molecule has 0 bridgehead atoms. The molecule has 1 aromatic carbocycles. The molecule has 0 saturated heterocycles. The highest BCUT2D eigenvalue weighted by Crippen LogP contribution is 2.24. The van der Waals surface area contributed by atoms with Gasteiger partial charge in [0.2, 0.25) is 0 Å². The Hall–Kier alpha value is -2.67. The summed E-state index contributed by atoms with van der Waals surface area (Å²) in [5, 5.41) is 14.5. The van der Waals surface area contributed by atoms with Crippen molar-refractivity contribution in [3.05, 3.63) is 47.3 Å². The molecule has 0 saturated carbocycles. The van der Waals surface area contributed by atoms with Gasteiger partial charge in [-0.2, -0.15) is 5.10 Å². The van der Waals surface area contributed by atoms with Crippen molar-refractivity contribution in [2.24, 2.45) is 0 Å². The molecule has 0 aliphatic carbocycles. The number of rotatable bonds is 5. The lowest BCUT2D eigenvalue weighted by molar-refractivity contribution is 0.0544. The number of nitrogens with zero attached hydrogens (tertiary/aromatic N) is 2. The molecule has 2 rings (SSSR count). The first kappa shape index (κ1) is 17.7. The molecule has 0 spiro atoms. The molecule has 0 aliphatic rings. The monoisotopic (exact) mass is 332 g/mol. The van der Waals surface area contributed by atoms with Crippen LogP contribution in [0, 0.1) is 0 Å². The highest BCUT2D eigenvalue weighted by molar-refractivity contribution is 6.03. The predicted octanol–water partition coefficient (Wildman–Crippen LogP) is 1.76. The van der Waals surface area contributed by atoms with Gasteiger partial charge in [0.15, 0.2) is 5.69 Å². The van der Waals surface area contributed by atoms with Crippen molar-refractivity contribution >= 4 is 11.9 Å². The number of carbonyl (C=O) groups is 2. The number of hydrogen-bond acceptors (Lipinski definition) is 6. The van der Waals surface area contributed by atoms with E-state index >= 15 is 0 Å². The first-order chi connectivity index (χ1) is 11.3. The van der Waals surface area contributed by atoms with E-state index in [1.54, 1.807) is 38.1 Å². The highest BCUT2D eigenvalue weighted by atomic mass is 16.5. The van der Waals surface area contributed by atoms with E-state index in [9.17, 15) is 14.7 Å². The Morgan fingerprint density at radius 2 is 1.71 bits per heavy atom. The summed E-state index contributed by atoms with van der Waals surface area (Å²) in [5.74, 6) is -1.43. The molecule has 0 radical (unpaired) electrons. The molecule has 0 unspecified atom stereocenters. The minimum absolute atomic E-state index is 0.00433. The average molecular weight is 332 g/mol. The lowest BCUT2D eigenvalue weighted by Gasteiger charge is -2.15. The van der Waals surface area contributed by atoms with Crippen molar-refractivity contribution in [3.63, 3.8) is 0 Å². The van der Waals surface area contributed by atoms with Crippen LogP contribution in [-0.2, 0) is 15.9 Å². The van der Waals surface area contributed by atoms with Crippen LogP contribution >= 0.6 is 0 Å². The molecule has 1 heterocycles. The fraction of sp³-hybridized carbons (Fsp3) is 0.353. The third-order valence-corrected chi connectivity index (χ3v) is 3.33. The average Bonchev–Trinajstić information content (AvgIpc) is 2.91. The molecule has 7 nitrogen and oxygen atoms in total. The van der Waals surface area contributed by atoms with Crippen molar-refractivity contribution in [2.45, 2.75) is 25.9 Å². The van der Waals surface area contributed by atoms with Crippen LogP contribution < -0.4 is 0 Å². The van der Waals surface area contributed by atoms with Gasteiger partial charge in [0.25, 0.3) is 0 Å². The number of ether oxygens (including phenoxy) is 2. The highest BCUT2D eigenvalue weighted by Gasteiger charge is 2.32. The molecule has 1 N–H and O–H groups in total. The molecule has 0 amide bonds. The number of hydrogen-bond donors (Lipinski definition) is 1. The van der Waals surface area contributed by atoms with E-state index in [1.165, 1.54) is 18.9 Å². The number of aromatic nitrogens is 2. The Bertz CT molecular complexity index is 744. The lowest BCUT2D eigenvalue weighted by Crippen LogP contribution is -2.24. The largest absolute Gasteiger partial charge is 0.465 e. The number of benzene rings is 1. The zero-order chi connectivity index (χ0) is 17.9. The summed E-state index contributed by atoms with van der Waals surface area (Å²) in [6.07, 6.45) is 0.0707. The minimum Gasteiger partial charge on any atom is -0.465 e. The summed E-state index contributed by atoms with van der Waals surface area (Å²) in [6.45, 7) is 3.18. The van der Waals surface area contributed by atoms with Gasteiger partial charge in [-0.25, -0.2) is 14.3 Å². The number of esters is 2. The quantitative estimate of drug-likeness (QED) is 0.839. The van der Waals surface area contributed by atoms with Crippen LogP contribution in [0.4, 0.5) is 0 Å². The van der Waals surface area contributed by atoms with E-state index in [4.69, 9.17) is 9.47 Å². The zero-order valence-corrected chi connectivity index (χ0v) is 14.1. The summed E-state index contributed by atoms with van der Waals surface area (Å²) < 4.78 is 10.9. The van der Waals surface area contributed by atoms with Crippen molar-refractivity contribution in [3.8, 4) is 5.69 Å². The molecule has 2 aromatic rings. The van der Waals surface area contributed by atoms with Gasteiger partial charge in [-0.05, 0) is 26.0 Å². The maximum atomic E-state index is 12.3. The summed E-state index contributed by atoms with van der Waals surface area (Å²) in [6, 6.07) is 8.88. The molecule has 0 aliphatic heterocycles. The first-order valence-corrected chi connectivity index (χ1v) is 7.35. The number of para-hydroxylation sites is 1. The maximum Gasteiger partial charge on any atom is 0.357 e. The van der Waals surface area contributed by atoms with E-state index in [-0.39, 0.29) is 23.4 Å². The van der Waals surface area contributed by atoms with Gasteiger partial charge in [0, 0.05) is 6.42 Å². The Morgan fingerprint density at radius 3 is 2.21 bits per heavy atom. The van der Waals surface area contributed by atoms with Crippen LogP contribution in [0.5, 0.6) is 0 Å². The van der Waals surface area contributed by atoms with Crippen molar-refractivity contribution in [1.29, 1.82) is 0 Å². The molecular weight excluding hydrogens is 312 g/mol. The maximum absolute atomic E-state index is 12.3. The van der Waals surface area contributed by atoms with Crippen LogP contribution in [0.2, 0.25) is 0 Å². The standard InChI is InChI=1S/C17H20N2O5/c1-17(2,22)10-12-13(15(20)23-3)14(16(21)24-4)19(18-12)11-8-6-5-7-9-11/h5-9,22H,10H2,1-4H3. The minimum atomic E-state index is -1.12. The molecular formula is C17H20N2O5. The molecule has 1 aromatic heterocycles. The summed E-state index contributed by atoms with van der Waals surface area (Å²) in [7, 11) is 2.44. The molecule has 24 heavy (non-hydrogen) atoms. The predicted molar refractivity (Wildman–Crippen MR) is 86.2 cm³/mol. The second-order valence-electron chi connectivity index (χ2n) is 5.89. The third-order valence-electron chi connectivity index (χ3n) is 3.33. The SMILES string of the molecule is COC(=O)c1c(CC(C)(C)O)nn(-c2ccccc2)c1C(=O)OC. The van der Waals surface area contributed by atoms with Gasteiger partial charge in [-0.1, -0.05) is 18.2 Å². The van der Waals surface area contributed by atoms with Gasteiger partial charge in [0.05, 0.1) is 31.2 Å². The van der Waals surface area contributed by atoms with Crippen LogP contribution in [0.15, 0.2) is 30.3 Å². The summed E-state index contributed by atoms with van der Waals surface area (Å²) in [4.78, 5) is 24.5. The number of methoxy groups -OCH3 is 2. The van der Waals surface area contributed by atoms with Gasteiger partial charge < -0.3 is 14.6 Å². The molecule has 128 valence electrons. The van der Waals surface area contributed by atoms with Gasteiger partial charge in [-0.3, -0.25) is 0 Å². The Labute approximate surface area is 139 Å². The second kappa shape index (κ2) is 6.84. The van der Waals surface area contributed by atoms with Gasteiger partial charge in [-0.15, -0.1) is 0 Å². The van der Waals surface area contributed by atoms with E-state index < -0.39 is 17.5 Å². The lowest BCUT2D eigenvalue weighted by atomic mass is 9.99. The fourth-order valence-electron chi connectivity index (χ4n) is 2.35. The molecule has 7 heteroatoms. The van der Waals surface area contributed by atoms with E-state index in [2.05, 4.69) is 5.10 Å². The topological polar surface area (TPSA) is 90.6 Å². The second-order valence-corrected chi connectivity index (χ2v) is 5.89. The van der Waals surface area contributed by atoms with Crippen molar-refractivity contribution in [1.82, 2.24) is 9.78 Å². The Kier molecular flexibility index (Phi) is 5.04. The zero-order valence-electron chi connectivity index (χ0n) is 14.1. The van der Waals surface area contributed by atoms with E-state index in [0.717, 1.165) is 0 Å². The van der Waals surface area contributed by atoms with Crippen molar-refractivity contribution in [2.75, 3.05) is 14.2 Å². The Balaban J connectivity index is 2.75. The fourth-order valence-corrected chi connectivity index (χ4v) is 2.35. The smallest absolute Gasteiger partial charge is 0.357 e. The van der Waals surface area contributed by atoms with Crippen LogP contribution in [0.3, 0.4) is 0 Å². The third kappa shape index (κ3) is 3.62. The number of carbonyl (C=O) groups excluding carboxylic acids is 2. The molecule has 0 fully saturated rings. The van der Waals surface area contributed by atoms with E-state index in [1.807, 2.05) is 6.07 Å². The normalized spacial score (nSPS) is 11.2. The van der Waals surface area contributed by atoms with Gasteiger partial charge in [0.1, 0.15) is 5.56 Å². The van der Waals surface area contributed by atoms with Crippen molar-refractivity contribution < 1.29 is 24.2 Å². The number of aliphatic hydroxyl groups is 1. The summed E-state index contributed by atoms with van der Waals surface area (Å²) in [5.41, 5.74) is -0.305. The first-order valence-electron chi connectivity index (χ1n) is 7.35. The van der Waals surface area contributed by atoms with E-state index in [0.29, 0.717) is 5.69 Å². The van der Waals surface area contributed by atoms with Gasteiger partial charge >= 0.3 is 11.9 Å². The van der Waals surface area contributed by atoms with Crippen LogP contribution in [0.1, 0.15) is 40.4 Å². The Morgan fingerprint density at radius 1 is 1.12 bits per heavy atom.